The van der Waals surface area contributed by atoms with Crippen LogP contribution in [-0.2, 0) is 13.0 Å². The molecule has 1 aromatic carbocycles. The van der Waals surface area contributed by atoms with Crippen LogP contribution in [0.1, 0.15) is 28.7 Å². The van der Waals surface area contributed by atoms with Gasteiger partial charge >= 0.3 is 0 Å². The van der Waals surface area contributed by atoms with Crippen LogP contribution in [0.4, 0.5) is 0 Å². The van der Waals surface area contributed by atoms with E-state index in [1.165, 1.54) is 7.11 Å². The summed E-state index contributed by atoms with van der Waals surface area (Å²) < 4.78 is 7.95. The Morgan fingerprint density at radius 2 is 2.19 bits per heavy atom. The van der Waals surface area contributed by atoms with Gasteiger partial charge in [-0.15, -0.1) is 0 Å². The van der Waals surface area contributed by atoms with Crippen LogP contribution in [0.25, 0.3) is 0 Å². The van der Waals surface area contributed by atoms with E-state index in [1.807, 2.05) is 18.5 Å². The number of hydrogen-bond donors (Lipinski definition) is 0. The number of aromatic nitrogens is 2. The van der Waals surface area contributed by atoms with E-state index in [2.05, 4.69) is 21.0 Å². The molecule has 21 heavy (non-hydrogen) atoms. The second kappa shape index (κ2) is 6.62. The number of aryl methyl sites for hydroxylation is 2. The molecule has 0 spiro atoms. The van der Waals surface area contributed by atoms with E-state index in [4.69, 9.17) is 16.3 Å². The fraction of sp³-hybridized carbons (Fsp3) is 0.333. The molecule has 4 nitrogen and oxygen atoms in total. The van der Waals surface area contributed by atoms with Crippen molar-refractivity contribution in [2.45, 2.75) is 26.8 Å². The fourth-order valence-corrected chi connectivity index (χ4v) is 2.77. The molecule has 6 heteroatoms. The number of ether oxygens (including phenoxy) is 1. The Labute approximate surface area is 137 Å². The van der Waals surface area contributed by atoms with E-state index in [9.17, 15) is 4.79 Å². The van der Waals surface area contributed by atoms with Crippen molar-refractivity contribution >= 4 is 33.3 Å². The van der Waals surface area contributed by atoms with Gasteiger partial charge in [0.1, 0.15) is 5.75 Å². The molecule has 0 aliphatic heterocycles. The van der Waals surface area contributed by atoms with Crippen LogP contribution in [0.15, 0.2) is 22.7 Å². The summed E-state index contributed by atoms with van der Waals surface area (Å²) in [6, 6.07) is 5.03. The third kappa shape index (κ3) is 3.30. The van der Waals surface area contributed by atoms with Gasteiger partial charge in [-0.25, -0.2) is 0 Å². The minimum atomic E-state index is -0.0289. The summed E-state index contributed by atoms with van der Waals surface area (Å²) in [5.74, 6) is 0.460. The third-order valence-corrected chi connectivity index (χ3v) is 4.51. The first-order valence-electron chi connectivity index (χ1n) is 6.56. The second-order valence-corrected chi connectivity index (χ2v) is 5.84. The van der Waals surface area contributed by atoms with E-state index in [0.717, 1.165) is 15.9 Å². The number of ketones is 1. The van der Waals surface area contributed by atoms with Gasteiger partial charge in [-0.05, 0) is 48.0 Å². The molecule has 0 atom stereocenters. The van der Waals surface area contributed by atoms with Crippen LogP contribution in [-0.4, -0.2) is 22.7 Å². The standard InChI is InChI=1S/C15H16BrClN2O2/c1-4-19-12(15(16)9(2)18-19)8-13(20)11-6-5-10(17)7-14(11)21-3/h5-7H,4,8H2,1-3H3. The zero-order valence-electron chi connectivity index (χ0n) is 12.1. The minimum absolute atomic E-state index is 0.0289. The Hall–Kier alpha value is -1.33. The van der Waals surface area contributed by atoms with Crippen molar-refractivity contribution in [3.8, 4) is 5.75 Å². The second-order valence-electron chi connectivity index (χ2n) is 4.61. The quantitative estimate of drug-likeness (QED) is 0.744. The summed E-state index contributed by atoms with van der Waals surface area (Å²) in [5.41, 5.74) is 2.27. The molecular weight excluding hydrogens is 356 g/mol. The molecule has 0 bridgehead atoms. The van der Waals surface area contributed by atoms with Gasteiger partial charge in [0.25, 0.3) is 0 Å². The number of Topliss-reactive ketones (excluding diaryl/α,β-unsaturated/α-hetero) is 1. The molecule has 0 saturated carbocycles. The number of nitrogens with zero attached hydrogens (tertiary/aromatic N) is 2. The molecule has 0 radical (unpaired) electrons. The van der Waals surface area contributed by atoms with Crippen LogP contribution in [0, 0.1) is 6.92 Å². The molecule has 0 fully saturated rings. The summed E-state index contributed by atoms with van der Waals surface area (Å²) in [7, 11) is 1.53. The lowest BCUT2D eigenvalue weighted by molar-refractivity contribution is 0.0987. The Kier molecular flexibility index (Phi) is 5.06. The number of carbonyl (C=O) groups excluding carboxylic acids is 1. The number of carbonyl (C=O) groups is 1. The van der Waals surface area contributed by atoms with Crippen molar-refractivity contribution < 1.29 is 9.53 Å². The lowest BCUT2D eigenvalue weighted by atomic mass is 10.1. The van der Waals surface area contributed by atoms with Gasteiger partial charge in [-0.1, -0.05) is 11.6 Å². The first-order valence-corrected chi connectivity index (χ1v) is 7.73. The van der Waals surface area contributed by atoms with Gasteiger partial charge in [-0.2, -0.15) is 5.10 Å². The predicted octanol–water partition coefficient (Wildman–Crippen LogP) is 4.06. The van der Waals surface area contributed by atoms with Crippen molar-refractivity contribution in [1.82, 2.24) is 9.78 Å². The van der Waals surface area contributed by atoms with Crippen molar-refractivity contribution in [2.24, 2.45) is 0 Å². The molecule has 0 saturated heterocycles. The predicted molar refractivity (Wildman–Crippen MR) is 86.4 cm³/mol. The third-order valence-electron chi connectivity index (χ3n) is 3.24. The zero-order valence-corrected chi connectivity index (χ0v) is 14.5. The lowest BCUT2D eigenvalue weighted by Crippen LogP contribution is -2.11. The maximum Gasteiger partial charge on any atom is 0.172 e. The first-order chi connectivity index (χ1) is 9.97. The highest BCUT2D eigenvalue weighted by Gasteiger charge is 2.19. The fourth-order valence-electron chi connectivity index (χ4n) is 2.18. The molecule has 0 unspecified atom stereocenters. The monoisotopic (exact) mass is 370 g/mol. The summed E-state index contributed by atoms with van der Waals surface area (Å²) in [4.78, 5) is 12.5. The van der Waals surface area contributed by atoms with Gasteiger partial charge in [0, 0.05) is 11.6 Å². The smallest absolute Gasteiger partial charge is 0.172 e. The van der Waals surface area contributed by atoms with E-state index in [1.54, 1.807) is 18.2 Å². The average Bonchev–Trinajstić information content (AvgIpc) is 2.74. The molecule has 1 aromatic heterocycles. The average molecular weight is 372 g/mol. The van der Waals surface area contributed by atoms with Gasteiger partial charge in [0.2, 0.25) is 0 Å². The van der Waals surface area contributed by atoms with Crippen LogP contribution in [0.3, 0.4) is 0 Å². The Balaban J connectivity index is 2.35. The highest BCUT2D eigenvalue weighted by Crippen LogP contribution is 2.27. The van der Waals surface area contributed by atoms with Crippen LogP contribution in [0.2, 0.25) is 5.02 Å². The van der Waals surface area contributed by atoms with Crippen LogP contribution < -0.4 is 4.74 Å². The SMILES string of the molecule is CCn1nc(C)c(Br)c1CC(=O)c1ccc(Cl)cc1OC. The van der Waals surface area contributed by atoms with Crippen molar-refractivity contribution in [1.29, 1.82) is 0 Å². The summed E-state index contributed by atoms with van der Waals surface area (Å²) in [6.07, 6.45) is 0.257. The van der Waals surface area contributed by atoms with Crippen LogP contribution >= 0.6 is 27.5 Å². The maximum atomic E-state index is 12.5. The Morgan fingerprint density at radius 3 is 2.81 bits per heavy atom. The van der Waals surface area contributed by atoms with Gasteiger partial charge in [0.05, 0.1) is 35.0 Å². The number of benzene rings is 1. The Bertz CT molecular complexity index is 683. The van der Waals surface area contributed by atoms with Crippen molar-refractivity contribution in [3.05, 3.63) is 44.6 Å². The minimum Gasteiger partial charge on any atom is -0.496 e. The highest BCUT2D eigenvalue weighted by atomic mass is 79.9. The van der Waals surface area contributed by atoms with E-state index < -0.39 is 0 Å². The molecule has 2 rings (SSSR count). The molecule has 2 aromatic rings. The topological polar surface area (TPSA) is 44.1 Å². The molecule has 0 aliphatic rings. The highest BCUT2D eigenvalue weighted by molar-refractivity contribution is 9.10. The first kappa shape index (κ1) is 16.0. The molecular formula is C15H16BrClN2O2. The summed E-state index contributed by atoms with van der Waals surface area (Å²) in [6.45, 7) is 4.62. The Morgan fingerprint density at radius 1 is 1.48 bits per heavy atom. The summed E-state index contributed by atoms with van der Waals surface area (Å²) >= 11 is 9.43. The van der Waals surface area contributed by atoms with Crippen molar-refractivity contribution in [2.75, 3.05) is 7.11 Å². The molecule has 0 amide bonds. The lowest BCUT2D eigenvalue weighted by Gasteiger charge is -2.09. The van der Waals surface area contributed by atoms with Gasteiger partial charge in [0.15, 0.2) is 5.78 Å². The number of methoxy groups -OCH3 is 1. The van der Waals surface area contributed by atoms with Crippen molar-refractivity contribution in [3.63, 3.8) is 0 Å². The van der Waals surface area contributed by atoms with Gasteiger partial charge in [-0.3, -0.25) is 9.48 Å². The van der Waals surface area contributed by atoms with Crippen LogP contribution in [0.5, 0.6) is 5.75 Å². The molecule has 1 heterocycles. The van der Waals surface area contributed by atoms with E-state index in [0.29, 0.717) is 22.9 Å². The molecule has 0 aliphatic carbocycles. The van der Waals surface area contributed by atoms with E-state index in [-0.39, 0.29) is 12.2 Å². The maximum absolute atomic E-state index is 12.5. The largest absolute Gasteiger partial charge is 0.496 e. The molecule has 112 valence electrons. The molecule has 0 N–H and O–H groups in total. The normalized spacial score (nSPS) is 10.7. The summed E-state index contributed by atoms with van der Waals surface area (Å²) in [5, 5.41) is 4.94. The number of halogens is 2. The number of hydrogen-bond acceptors (Lipinski definition) is 3. The van der Waals surface area contributed by atoms with E-state index >= 15 is 0 Å². The zero-order chi connectivity index (χ0) is 15.6. The van der Waals surface area contributed by atoms with Gasteiger partial charge < -0.3 is 4.74 Å². The number of rotatable bonds is 5.